The smallest absolute Gasteiger partial charge is 0.334 e. The van der Waals surface area contributed by atoms with E-state index in [-0.39, 0.29) is 0 Å². The highest BCUT2D eigenvalue weighted by Gasteiger charge is 2.33. The van der Waals surface area contributed by atoms with Gasteiger partial charge in [-0.15, -0.1) is 0 Å². The first-order valence-corrected chi connectivity index (χ1v) is 6.82. The first-order valence-electron chi connectivity index (χ1n) is 6.82. The number of nitrogens with zero attached hydrogens (tertiary/aromatic N) is 1. The lowest BCUT2D eigenvalue weighted by Crippen LogP contribution is -2.44. The third kappa shape index (κ3) is 2.37. The van der Waals surface area contributed by atoms with Gasteiger partial charge < -0.3 is 4.74 Å². The van der Waals surface area contributed by atoms with Crippen molar-refractivity contribution < 1.29 is 19.1 Å². The molecule has 2 aromatic rings. The summed E-state index contributed by atoms with van der Waals surface area (Å²) in [7, 11) is 0. The molecule has 0 radical (unpaired) electrons. The van der Waals surface area contributed by atoms with Crippen molar-refractivity contribution in [1.82, 2.24) is 4.90 Å². The molecule has 1 heterocycles. The van der Waals surface area contributed by atoms with E-state index in [1.54, 1.807) is 12.1 Å². The van der Waals surface area contributed by atoms with Gasteiger partial charge in [-0.2, -0.15) is 0 Å². The van der Waals surface area contributed by atoms with Crippen molar-refractivity contribution in [1.29, 1.82) is 0 Å². The Hall–Kier alpha value is -2.95. The predicted octanol–water partition coefficient (Wildman–Crippen LogP) is 2.06. The summed E-state index contributed by atoms with van der Waals surface area (Å²) in [5.74, 6) is -1.26. The van der Waals surface area contributed by atoms with Gasteiger partial charge in [-0.1, -0.05) is 36.4 Å². The maximum Gasteiger partial charge on any atom is 0.334 e. The van der Waals surface area contributed by atoms with Gasteiger partial charge in [-0.05, 0) is 18.4 Å². The highest BCUT2D eigenvalue weighted by atomic mass is 16.5. The van der Waals surface area contributed by atoms with E-state index in [9.17, 15) is 14.4 Å². The number of fused-ring (bicyclic) bond motifs is 1. The average Bonchev–Trinajstić information content (AvgIpc) is 2.86. The van der Waals surface area contributed by atoms with Gasteiger partial charge in [0.05, 0.1) is 0 Å². The zero-order chi connectivity index (χ0) is 15.7. The highest BCUT2D eigenvalue weighted by Crippen LogP contribution is 2.26. The normalized spacial score (nSPS) is 15.4. The summed E-state index contributed by atoms with van der Waals surface area (Å²) >= 11 is 0. The van der Waals surface area contributed by atoms with E-state index >= 15 is 0 Å². The molecular formula is C17H13NO4. The second kappa shape index (κ2) is 5.44. The van der Waals surface area contributed by atoms with Crippen LogP contribution >= 0.6 is 0 Å². The molecule has 0 bridgehead atoms. The van der Waals surface area contributed by atoms with E-state index in [1.807, 2.05) is 30.3 Å². The number of carbonyl (C=O) groups excluding carboxylic acids is 3. The summed E-state index contributed by atoms with van der Waals surface area (Å²) in [5, 5.41) is 1.73. The first-order chi connectivity index (χ1) is 10.6. The molecule has 0 spiro atoms. The van der Waals surface area contributed by atoms with Crippen molar-refractivity contribution in [2.45, 2.75) is 13.0 Å². The van der Waals surface area contributed by atoms with Crippen molar-refractivity contribution >= 4 is 28.6 Å². The lowest BCUT2D eigenvalue weighted by molar-refractivity contribution is -0.150. The maximum absolute atomic E-state index is 12.2. The van der Waals surface area contributed by atoms with E-state index in [0.29, 0.717) is 5.75 Å². The Kier molecular flexibility index (Phi) is 3.47. The first kappa shape index (κ1) is 14.0. The van der Waals surface area contributed by atoms with Crippen molar-refractivity contribution in [3.63, 3.8) is 0 Å². The average molecular weight is 295 g/mol. The molecule has 1 aliphatic rings. The van der Waals surface area contributed by atoms with Crippen LogP contribution in [0.15, 0.2) is 54.6 Å². The summed E-state index contributed by atoms with van der Waals surface area (Å²) in [6.07, 6.45) is 2.29. The van der Waals surface area contributed by atoms with Gasteiger partial charge in [0.1, 0.15) is 11.8 Å². The molecule has 1 atom stereocenters. The summed E-state index contributed by atoms with van der Waals surface area (Å²) in [6.45, 7) is 1.47. The van der Waals surface area contributed by atoms with Gasteiger partial charge in [0.2, 0.25) is 0 Å². The Labute approximate surface area is 126 Å². The molecule has 1 aliphatic heterocycles. The number of amides is 2. The van der Waals surface area contributed by atoms with Crippen molar-refractivity contribution in [3.05, 3.63) is 54.6 Å². The minimum absolute atomic E-state index is 0.405. The van der Waals surface area contributed by atoms with E-state index in [2.05, 4.69) is 0 Å². The van der Waals surface area contributed by atoms with Gasteiger partial charge in [-0.25, -0.2) is 4.79 Å². The van der Waals surface area contributed by atoms with Crippen molar-refractivity contribution in [2.75, 3.05) is 0 Å². The van der Waals surface area contributed by atoms with E-state index in [1.165, 1.54) is 6.92 Å². The molecule has 110 valence electrons. The molecule has 3 rings (SSSR count). The van der Waals surface area contributed by atoms with Crippen LogP contribution in [-0.4, -0.2) is 28.7 Å². The monoisotopic (exact) mass is 295 g/mol. The van der Waals surface area contributed by atoms with E-state index in [4.69, 9.17) is 4.74 Å². The van der Waals surface area contributed by atoms with Crippen LogP contribution in [0.3, 0.4) is 0 Å². The molecule has 0 unspecified atom stereocenters. The van der Waals surface area contributed by atoms with Crippen LogP contribution in [0.5, 0.6) is 5.75 Å². The molecule has 0 aliphatic carbocycles. The van der Waals surface area contributed by atoms with Crippen LogP contribution < -0.4 is 4.74 Å². The fourth-order valence-corrected chi connectivity index (χ4v) is 2.38. The molecule has 0 aromatic heterocycles. The van der Waals surface area contributed by atoms with Gasteiger partial charge in [0.25, 0.3) is 11.8 Å². The van der Waals surface area contributed by atoms with Crippen LogP contribution in [0.2, 0.25) is 0 Å². The quantitative estimate of drug-likeness (QED) is 0.494. The zero-order valence-electron chi connectivity index (χ0n) is 11.9. The minimum Gasteiger partial charge on any atom is -0.424 e. The van der Waals surface area contributed by atoms with Gasteiger partial charge >= 0.3 is 5.97 Å². The molecule has 0 fully saturated rings. The second-order valence-corrected chi connectivity index (χ2v) is 4.95. The number of rotatable bonds is 3. The zero-order valence-corrected chi connectivity index (χ0v) is 11.9. The van der Waals surface area contributed by atoms with Gasteiger partial charge in [0, 0.05) is 17.5 Å². The SMILES string of the molecule is C[C@@H](C(=O)Oc1cccc2ccccc12)N1C(=O)C=CC1=O. The summed E-state index contributed by atoms with van der Waals surface area (Å²) < 4.78 is 5.39. The number of hydrogen-bond donors (Lipinski definition) is 0. The summed E-state index contributed by atoms with van der Waals surface area (Å²) in [6, 6.07) is 11.9. The van der Waals surface area contributed by atoms with Crippen LogP contribution in [0, 0.1) is 0 Å². The number of esters is 1. The largest absolute Gasteiger partial charge is 0.424 e. The minimum atomic E-state index is -0.978. The van der Waals surface area contributed by atoms with E-state index in [0.717, 1.165) is 27.8 Å². The Morgan fingerprint density at radius 2 is 1.64 bits per heavy atom. The molecule has 2 amide bonds. The molecule has 0 saturated heterocycles. The van der Waals surface area contributed by atoms with Gasteiger partial charge in [0.15, 0.2) is 0 Å². The van der Waals surface area contributed by atoms with E-state index < -0.39 is 23.8 Å². The van der Waals surface area contributed by atoms with Crippen molar-refractivity contribution in [3.8, 4) is 5.75 Å². The molecule has 0 saturated carbocycles. The number of ether oxygens (including phenoxy) is 1. The molecule has 5 nitrogen and oxygen atoms in total. The highest BCUT2D eigenvalue weighted by molar-refractivity contribution is 6.14. The molecule has 2 aromatic carbocycles. The molecule has 0 N–H and O–H groups in total. The Bertz CT molecular complexity index is 786. The number of hydrogen-bond acceptors (Lipinski definition) is 4. The lowest BCUT2D eigenvalue weighted by Gasteiger charge is -2.21. The van der Waals surface area contributed by atoms with Crippen LogP contribution in [-0.2, 0) is 14.4 Å². The van der Waals surface area contributed by atoms with Gasteiger partial charge in [-0.3, -0.25) is 14.5 Å². The lowest BCUT2D eigenvalue weighted by atomic mass is 10.1. The molecule has 22 heavy (non-hydrogen) atoms. The number of imide groups is 1. The standard InChI is InChI=1S/C17H13NO4/c1-11(18-15(19)9-10-16(18)20)17(21)22-14-8-4-6-12-5-2-3-7-13(12)14/h2-11H,1H3/t11-/m0/s1. The van der Waals surface area contributed by atoms with Crippen molar-refractivity contribution in [2.24, 2.45) is 0 Å². The Morgan fingerprint density at radius 3 is 2.36 bits per heavy atom. The fraction of sp³-hybridized carbons (Fsp3) is 0.118. The predicted molar refractivity (Wildman–Crippen MR) is 80.0 cm³/mol. The third-order valence-electron chi connectivity index (χ3n) is 3.53. The maximum atomic E-state index is 12.2. The topological polar surface area (TPSA) is 63.7 Å². The number of carbonyl (C=O) groups is 3. The van der Waals surface area contributed by atoms with Crippen LogP contribution in [0.4, 0.5) is 0 Å². The molecule has 5 heteroatoms. The second-order valence-electron chi connectivity index (χ2n) is 4.95. The fourth-order valence-electron chi connectivity index (χ4n) is 2.38. The van der Waals surface area contributed by atoms with Crippen LogP contribution in [0.1, 0.15) is 6.92 Å². The summed E-state index contributed by atoms with van der Waals surface area (Å²) in [4.78, 5) is 36.3. The third-order valence-corrected chi connectivity index (χ3v) is 3.53. The van der Waals surface area contributed by atoms with Crippen LogP contribution in [0.25, 0.3) is 10.8 Å². The molecular weight excluding hydrogens is 282 g/mol. The Morgan fingerprint density at radius 1 is 1.00 bits per heavy atom. The number of benzene rings is 2. The Balaban J connectivity index is 1.84. The summed E-state index contributed by atoms with van der Waals surface area (Å²) in [5.41, 5.74) is 0.